The van der Waals surface area contributed by atoms with Gasteiger partial charge in [-0.05, 0) is 200 Å². The van der Waals surface area contributed by atoms with Crippen LogP contribution in [0.15, 0.2) is 364 Å². The molecule has 14 aromatic rings. The zero-order chi connectivity index (χ0) is 64.0. The highest BCUT2D eigenvalue weighted by molar-refractivity contribution is 5.84. The number of anilines is 10. The standard InChI is InChI=1S/2C44H36N2O/c1-45(43-14-9-15-44(32-43)47-2)39-24-16-37(17-25-39)38-22-30-42(31-23-38)46(40-26-18-35(19-27-40)33-10-5-3-6-11-33)41-28-20-36(21-29-41)34-12-7-4-8-13-34;1-45(40-29-31-44(47-2)32-30-40)39-21-13-37(14-22-39)38-19-27-43(28-20-38)46(41-23-15-35(16-24-41)33-9-5-3-6-10-33)42-25-17-36(18-26-42)34-11-7-4-8-12-34/h2*3-32H,1-2H3. The van der Waals surface area contributed by atoms with E-state index in [1.54, 1.807) is 14.2 Å². The van der Waals surface area contributed by atoms with Crippen LogP contribution in [0.1, 0.15) is 0 Å². The summed E-state index contributed by atoms with van der Waals surface area (Å²) in [7, 11) is 7.54. The zero-order valence-corrected chi connectivity index (χ0v) is 53.2. The predicted molar refractivity (Wildman–Crippen MR) is 397 cm³/mol. The Bertz CT molecular complexity index is 4500. The lowest BCUT2D eigenvalue weighted by molar-refractivity contribution is 0.415. The van der Waals surface area contributed by atoms with Crippen molar-refractivity contribution < 1.29 is 9.47 Å². The van der Waals surface area contributed by atoms with Crippen molar-refractivity contribution in [1.82, 2.24) is 0 Å². The molecular weight excluding hydrogens is 1140 g/mol. The minimum Gasteiger partial charge on any atom is -0.497 e. The highest BCUT2D eigenvalue weighted by Gasteiger charge is 2.17. The maximum Gasteiger partial charge on any atom is 0.120 e. The Kier molecular flexibility index (Phi) is 18.6. The largest absolute Gasteiger partial charge is 0.497 e. The van der Waals surface area contributed by atoms with E-state index in [2.05, 4.69) is 367 Å². The third-order valence-corrected chi connectivity index (χ3v) is 17.3. The lowest BCUT2D eigenvalue weighted by atomic mass is 10.0. The number of methoxy groups -OCH3 is 2. The van der Waals surface area contributed by atoms with Gasteiger partial charge in [-0.3, -0.25) is 0 Å². The van der Waals surface area contributed by atoms with Gasteiger partial charge in [-0.2, -0.15) is 0 Å². The van der Waals surface area contributed by atoms with Gasteiger partial charge in [0.15, 0.2) is 0 Å². The van der Waals surface area contributed by atoms with Crippen LogP contribution in [0.25, 0.3) is 66.8 Å². The average molecular weight is 1220 g/mol. The van der Waals surface area contributed by atoms with Crippen molar-refractivity contribution in [2.24, 2.45) is 0 Å². The maximum absolute atomic E-state index is 5.42. The first-order valence-electron chi connectivity index (χ1n) is 31.7. The lowest BCUT2D eigenvalue weighted by Gasteiger charge is -2.26. The average Bonchev–Trinajstić information content (AvgIpc) is 0.838. The van der Waals surface area contributed by atoms with E-state index in [0.717, 1.165) is 68.4 Å². The third-order valence-electron chi connectivity index (χ3n) is 17.3. The van der Waals surface area contributed by atoms with Gasteiger partial charge in [-0.25, -0.2) is 0 Å². The molecule has 94 heavy (non-hydrogen) atoms. The Hall–Kier alpha value is -12.1. The molecule has 0 atom stereocenters. The van der Waals surface area contributed by atoms with Gasteiger partial charge in [0.05, 0.1) is 14.2 Å². The molecule has 6 heteroatoms. The van der Waals surface area contributed by atoms with E-state index in [1.807, 2.05) is 30.3 Å². The van der Waals surface area contributed by atoms with Crippen LogP contribution in [-0.2, 0) is 0 Å². The first-order valence-corrected chi connectivity index (χ1v) is 31.7. The normalized spacial score (nSPS) is 10.8. The van der Waals surface area contributed by atoms with Gasteiger partial charge in [-0.15, -0.1) is 0 Å². The minimum atomic E-state index is 0.847. The number of hydrogen-bond acceptors (Lipinski definition) is 6. The summed E-state index contributed by atoms with van der Waals surface area (Å²) in [6.07, 6.45) is 0. The van der Waals surface area contributed by atoms with Crippen LogP contribution in [-0.4, -0.2) is 28.3 Å². The fraction of sp³-hybridized carbons (Fsp3) is 0.0455. The molecule has 0 unspecified atom stereocenters. The molecule has 0 amide bonds. The molecule has 0 bridgehead atoms. The molecule has 0 radical (unpaired) electrons. The third kappa shape index (κ3) is 14.1. The molecule has 0 fully saturated rings. The van der Waals surface area contributed by atoms with Crippen LogP contribution in [0.5, 0.6) is 11.5 Å². The highest BCUT2D eigenvalue weighted by atomic mass is 16.5. The summed E-state index contributed by atoms with van der Waals surface area (Å²) in [6, 6.07) is 129. The first-order chi connectivity index (χ1) is 46.3. The van der Waals surface area contributed by atoms with Crippen LogP contribution < -0.4 is 29.1 Å². The van der Waals surface area contributed by atoms with Crippen molar-refractivity contribution in [2.75, 3.05) is 47.9 Å². The maximum atomic E-state index is 5.42. The van der Waals surface area contributed by atoms with Gasteiger partial charge in [0.2, 0.25) is 0 Å². The van der Waals surface area contributed by atoms with E-state index in [9.17, 15) is 0 Å². The van der Waals surface area contributed by atoms with E-state index in [-0.39, 0.29) is 0 Å². The van der Waals surface area contributed by atoms with Crippen molar-refractivity contribution in [2.45, 2.75) is 0 Å². The molecule has 0 heterocycles. The molecule has 0 aromatic heterocycles. The molecule has 0 aliphatic carbocycles. The summed E-state index contributed by atoms with van der Waals surface area (Å²) in [5.41, 5.74) is 25.4. The van der Waals surface area contributed by atoms with Crippen molar-refractivity contribution in [3.63, 3.8) is 0 Å². The SMILES string of the molecule is COc1ccc(N(C)c2ccc(-c3ccc(N(c4ccc(-c5ccccc5)cc4)c4ccc(-c5ccccc5)cc4)cc3)cc2)cc1.COc1cccc(N(C)c2ccc(-c3ccc(N(c4ccc(-c5ccccc5)cc4)c4ccc(-c5ccccc5)cc4)cc3)cc2)c1. The molecule has 0 aliphatic rings. The fourth-order valence-electron chi connectivity index (χ4n) is 11.9. The second-order valence-electron chi connectivity index (χ2n) is 23.0. The lowest BCUT2D eigenvalue weighted by Crippen LogP contribution is -2.10. The van der Waals surface area contributed by atoms with Gasteiger partial charge in [0.1, 0.15) is 11.5 Å². The minimum absolute atomic E-state index is 0.847. The van der Waals surface area contributed by atoms with Crippen LogP contribution in [0, 0.1) is 0 Å². The molecule has 0 saturated heterocycles. The monoisotopic (exact) mass is 1220 g/mol. The zero-order valence-electron chi connectivity index (χ0n) is 53.2. The smallest absolute Gasteiger partial charge is 0.120 e. The number of rotatable bonds is 18. The van der Waals surface area contributed by atoms with Gasteiger partial charge in [0.25, 0.3) is 0 Å². The first kappa shape index (κ1) is 60.8. The number of ether oxygens (including phenoxy) is 2. The van der Waals surface area contributed by atoms with Gasteiger partial charge < -0.3 is 29.1 Å². The van der Waals surface area contributed by atoms with Gasteiger partial charge >= 0.3 is 0 Å². The van der Waals surface area contributed by atoms with Crippen molar-refractivity contribution in [3.05, 3.63) is 364 Å². The van der Waals surface area contributed by atoms with E-state index in [0.29, 0.717) is 0 Å². The van der Waals surface area contributed by atoms with Crippen LogP contribution >= 0.6 is 0 Å². The molecular formula is C88H72N4O2. The fourth-order valence-corrected chi connectivity index (χ4v) is 11.9. The summed E-state index contributed by atoms with van der Waals surface area (Å²) in [4.78, 5) is 8.98. The summed E-state index contributed by atoms with van der Waals surface area (Å²) < 4.78 is 10.7. The molecule has 6 nitrogen and oxygen atoms in total. The molecule has 14 aromatic carbocycles. The highest BCUT2D eigenvalue weighted by Crippen LogP contribution is 2.41. The van der Waals surface area contributed by atoms with Crippen LogP contribution in [0.3, 0.4) is 0 Å². The molecule has 0 spiro atoms. The molecule has 456 valence electrons. The van der Waals surface area contributed by atoms with E-state index < -0.39 is 0 Å². The Balaban J connectivity index is 0.000000171. The molecule has 0 aliphatic heterocycles. The van der Waals surface area contributed by atoms with Gasteiger partial charge in [-0.1, -0.05) is 224 Å². The van der Waals surface area contributed by atoms with Crippen LogP contribution in [0.2, 0.25) is 0 Å². The summed E-state index contributed by atoms with van der Waals surface area (Å²) in [5.74, 6) is 1.70. The van der Waals surface area contributed by atoms with Crippen molar-refractivity contribution in [3.8, 4) is 78.3 Å². The quantitative estimate of drug-likeness (QED) is 0.0851. The number of nitrogens with zero attached hydrogens (tertiary/aromatic N) is 4. The van der Waals surface area contributed by atoms with Crippen LogP contribution in [0.4, 0.5) is 56.9 Å². The number of hydrogen-bond donors (Lipinski definition) is 0. The van der Waals surface area contributed by atoms with Crippen molar-refractivity contribution in [1.29, 1.82) is 0 Å². The molecule has 0 N–H and O–H groups in total. The Morgan fingerprint density at radius 1 is 0.170 bits per heavy atom. The molecule has 0 saturated carbocycles. The Morgan fingerprint density at radius 3 is 0.606 bits per heavy atom. The summed E-state index contributed by atoms with van der Waals surface area (Å²) in [6.45, 7) is 0. The summed E-state index contributed by atoms with van der Waals surface area (Å²) >= 11 is 0. The predicted octanol–water partition coefficient (Wildman–Crippen LogP) is 23.9. The van der Waals surface area contributed by atoms with E-state index >= 15 is 0 Å². The topological polar surface area (TPSA) is 31.4 Å². The van der Waals surface area contributed by atoms with E-state index in [4.69, 9.17) is 9.47 Å². The second kappa shape index (κ2) is 28.8. The van der Waals surface area contributed by atoms with Crippen molar-refractivity contribution >= 4 is 56.9 Å². The van der Waals surface area contributed by atoms with E-state index in [1.165, 1.54) is 66.8 Å². The Morgan fingerprint density at radius 2 is 0.372 bits per heavy atom. The summed E-state index contributed by atoms with van der Waals surface area (Å²) in [5, 5.41) is 0. The number of benzene rings is 14. The molecule has 14 rings (SSSR count). The Labute approximate surface area is 553 Å². The second-order valence-corrected chi connectivity index (χ2v) is 23.0. The van der Waals surface area contributed by atoms with Gasteiger partial charge in [0, 0.05) is 77.0 Å².